The number of rotatable bonds is 9. The zero-order valence-corrected chi connectivity index (χ0v) is 23.4. The van der Waals surface area contributed by atoms with Crippen LogP contribution in [-0.2, 0) is 20.2 Å². The highest BCUT2D eigenvalue weighted by Crippen LogP contribution is 2.42. The molecule has 10 heteroatoms. The summed E-state index contributed by atoms with van der Waals surface area (Å²) < 4.78 is 25.8. The summed E-state index contributed by atoms with van der Waals surface area (Å²) in [6.07, 6.45) is 7.88. The number of likely N-dealkylation sites (tertiary alicyclic amines) is 3. The van der Waals surface area contributed by atoms with Gasteiger partial charge in [0.2, 0.25) is 15.9 Å². The molecule has 4 fully saturated rings. The molecule has 1 amide bonds. The molecular weight excluding hydrogens is 519 g/mol. The van der Waals surface area contributed by atoms with Gasteiger partial charge in [-0.3, -0.25) is 9.69 Å². The smallest absolute Gasteiger partial charge is 0.222 e. The Kier molecular flexibility index (Phi) is 7.93. The molecule has 7 nitrogen and oxygen atoms in total. The number of carbonyl (C=O) groups excluding carboxylic acids is 1. The number of amides is 1. The molecule has 36 heavy (non-hydrogen) atoms. The van der Waals surface area contributed by atoms with E-state index in [1.165, 1.54) is 24.7 Å². The molecule has 0 aromatic heterocycles. The van der Waals surface area contributed by atoms with Crippen LogP contribution in [0.3, 0.4) is 0 Å². The van der Waals surface area contributed by atoms with Gasteiger partial charge in [0.1, 0.15) is 0 Å². The molecule has 0 radical (unpaired) electrons. The average molecular weight is 558 g/mol. The topological polar surface area (TPSA) is 73.0 Å². The number of halogens is 2. The minimum Gasteiger partial charge on any atom is -0.342 e. The summed E-state index contributed by atoms with van der Waals surface area (Å²) in [6.45, 7) is 6.62. The van der Waals surface area contributed by atoms with Gasteiger partial charge >= 0.3 is 0 Å². The molecule has 1 aliphatic carbocycles. The fourth-order valence-electron chi connectivity index (χ4n) is 6.24. The third kappa shape index (κ3) is 6.38. The van der Waals surface area contributed by atoms with Gasteiger partial charge < -0.3 is 9.80 Å². The minimum absolute atomic E-state index is 0.0612. The Morgan fingerprint density at radius 2 is 1.81 bits per heavy atom. The maximum Gasteiger partial charge on any atom is 0.222 e. The van der Waals surface area contributed by atoms with Gasteiger partial charge in [0.25, 0.3) is 0 Å². The summed E-state index contributed by atoms with van der Waals surface area (Å²) in [6, 6.07) is 6.62. The molecule has 1 atom stereocenters. The van der Waals surface area contributed by atoms with E-state index < -0.39 is 10.0 Å². The molecule has 3 heterocycles. The molecular formula is C26H38Cl2N4O3S. The summed E-state index contributed by atoms with van der Waals surface area (Å²) in [7, 11) is -3.14. The van der Waals surface area contributed by atoms with Crippen LogP contribution in [0.4, 0.5) is 0 Å². The molecule has 1 aromatic carbocycles. The minimum atomic E-state index is -3.14. The van der Waals surface area contributed by atoms with E-state index in [0.717, 1.165) is 71.5 Å². The molecule has 0 unspecified atom stereocenters. The van der Waals surface area contributed by atoms with Crippen molar-refractivity contribution in [2.24, 2.45) is 5.92 Å². The lowest BCUT2D eigenvalue weighted by atomic mass is 9.71. The number of sulfonamides is 1. The van der Waals surface area contributed by atoms with Crippen molar-refractivity contribution in [3.05, 3.63) is 33.8 Å². The van der Waals surface area contributed by atoms with Gasteiger partial charge in [-0.25, -0.2) is 13.1 Å². The number of nitrogens with zero attached hydrogens (tertiary/aromatic N) is 3. The maximum absolute atomic E-state index is 12.7. The van der Waals surface area contributed by atoms with E-state index in [4.69, 9.17) is 23.2 Å². The van der Waals surface area contributed by atoms with Crippen molar-refractivity contribution in [3.63, 3.8) is 0 Å². The zero-order valence-electron chi connectivity index (χ0n) is 21.1. The molecule has 1 N–H and O–H groups in total. The maximum atomic E-state index is 12.7. The third-order valence-corrected chi connectivity index (χ3v) is 10.1. The normalized spacial score (nSPS) is 27.4. The number of carbonyl (C=O) groups is 1. The van der Waals surface area contributed by atoms with E-state index in [0.29, 0.717) is 28.4 Å². The fourth-order valence-corrected chi connectivity index (χ4v) is 7.38. The van der Waals surface area contributed by atoms with E-state index in [-0.39, 0.29) is 17.4 Å². The van der Waals surface area contributed by atoms with E-state index in [1.54, 1.807) is 0 Å². The first-order chi connectivity index (χ1) is 17.1. The second kappa shape index (κ2) is 10.7. The molecule has 200 valence electrons. The van der Waals surface area contributed by atoms with Crippen molar-refractivity contribution in [1.29, 1.82) is 0 Å². The summed E-state index contributed by atoms with van der Waals surface area (Å²) in [4.78, 5) is 19.9. The number of piperidine rings is 2. The van der Waals surface area contributed by atoms with Gasteiger partial charge in [-0.1, -0.05) is 29.3 Å². The number of hydrogen-bond donors (Lipinski definition) is 1. The molecule has 5 rings (SSSR count). The molecule has 1 aromatic rings. The highest BCUT2D eigenvalue weighted by Gasteiger charge is 2.43. The standard InChI is InChI=1S/C26H38Cl2N4O3S/c1-36(34,35)29-21-7-11-31(12-8-21)22-16-30(17-22)13-10-26(20-4-5-23(27)24(28)14-20)9-6-25(33)32(18-26)15-19-2-3-19/h4-5,14,19,21-22,29H,2-3,6-13,15-18H2,1H3/t26-/m1/s1. The Labute approximate surface area is 225 Å². The Morgan fingerprint density at radius 1 is 1.08 bits per heavy atom. The predicted molar refractivity (Wildman–Crippen MR) is 144 cm³/mol. The van der Waals surface area contributed by atoms with Gasteiger partial charge in [0.15, 0.2) is 0 Å². The first-order valence-electron chi connectivity index (χ1n) is 13.3. The number of nitrogens with one attached hydrogen (secondary N) is 1. The fraction of sp³-hybridized carbons (Fsp3) is 0.731. The zero-order chi connectivity index (χ0) is 25.5. The number of hydrogen-bond acceptors (Lipinski definition) is 5. The van der Waals surface area contributed by atoms with Crippen LogP contribution in [0.2, 0.25) is 10.0 Å². The SMILES string of the molecule is CS(=O)(=O)NC1CCN(C2CN(CC[C@]3(c4ccc(Cl)c(Cl)c4)CCC(=O)N(CC4CC4)C3)C2)CC1. The van der Waals surface area contributed by atoms with Crippen molar-refractivity contribution in [2.45, 2.75) is 62.4 Å². The quantitative estimate of drug-likeness (QED) is 0.505. The van der Waals surface area contributed by atoms with Gasteiger partial charge in [0, 0.05) is 63.2 Å². The van der Waals surface area contributed by atoms with Crippen molar-refractivity contribution in [2.75, 3.05) is 52.1 Å². The molecule has 0 spiro atoms. The lowest BCUT2D eigenvalue weighted by molar-refractivity contribution is -0.136. The van der Waals surface area contributed by atoms with Crippen molar-refractivity contribution in [1.82, 2.24) is 19.4 Å². The van der Waals surface area contributed by atoms with Gasteiger partial charge in [-0.05, 0) is 68.7 Å². The van der Waals surface area contributed by atoms with Gasteiger partial charge in [0.05, 0.1) is 16.3 Å². The van der Waals surface area contributed by atoms with Crippen LogP contribution in [-0.4, -0.2) is 93.2 Å². The molecule has 1 saturated carbocycles. The third-order valence-electron chi connectivity index (χ3n) is 8.64. The van der Waals surface area contributed by atoms with Crippen LogP contribution in [0.1, 0.15) is 50.5 Å². The van der Waals surface area contributed by atoms with Crippen LogP contribution in [0.5, 0.6) is 0 Å². The predicted octanol–water partition coefficient (Wildman–Crippen LogP) is 3.35. The van der Waals surface area contributed by atoms with Gasteiger partial charge in [-0.15, -0.1) is 0 Å². The highest BCUT2D eigenvalue weighted by atomic mass is 35.5. The van der Waals surface area contributed by atoms with Gasteiger partial charge in [-0.2, -0.15) is 0 Å². The highest BCUT2D eigenvalue weighted by molar-refractivity contribution is 7.88. The second-order valence-corrected chi connectivity index (χ2v) is 14.1. The van der Waals surface area contributed by atoms with Crippen LogP contribution in [0, 0.1) is 5.92 Å². The monoisotopic (exact) mass is 556 g/mol. The molecule has 3 aliphatic heterocycles. The summed E-state index contributed by atoms with van der Waals surface area (Å²) in [5, 5.41) is 1.15. The summed E-state index contributed by atoms with van der Waals surface area (Å²) >= 11 is 12.7. The lowest BCUT2D eigenvalue weighted by Gasteiger charge is -2.49. The largest absolute Gasteiger partial charge is 0.342 e. The van der Waals surface area contributed by atoms with Crippen LogP contribution in [0.15, 0.2) is 18.2 Å². The first-order valence-corrected chi connectivity index (χ1v) is 15.9. The van der Waals surface area contributed by atoms with Crippen LogP contribution < -0.4 is 4.72 Å². The second-order valence-electron chi connectivity index (χ2n) is 11.5. The van der Waals surface area contributed by atoms with Crippen molar-refractivity contribution in [3.8, 4) is 0 Å². The Morgan fingerprint density at radius 3 is 2.44 bits per heavy atom. The molecule has 4 aliphatic rings. The average Bonchev–Trinajstić information content (AvgIpc) is 3.61. The first kappa shape index (κ1) is 26.7. The Balaban J connectivity index is 1.18. The summed E-state index contributed by atoms with van der Waals surface area (Å²) in [5.74, 6) is 0.960. The molecule has 0 bridgehead atoms. The van der Waals surface area contributed by atoms with Crippen LogP contribution >= 0.6 is 23.2 Å². The number of benzene rings is 1. The summed E-state index contributed by atoms with van der Waals surface area (Å²) in [5.41, 5.74) is 1.10. The van der Waals surface area contributed by atoms with E-state index >= 15 is 0 Å². The lowest BCUT2D eigenvalue weighted by Crippen LogP contribution is -2.62. The molecule has 3 saturated heterocycles. The van der Waals surface area contributed by atoms with E-state index in [1.807, 2.05) is 12.1 Å². The van der Waals surface area contributed by atoms with Crippen molar-refractivity contribution < 1.29 is 13.2 Å². The Bertz CT molecular complexity index is 1070. The van der Waals surface area contributed by atoms with Crippen LogP contribution in [0.25, 0.3) is 0 Å². The Hall–Kier alpha value is -0.900. The van der Waals surface area contributed by atoms with Crippen molar-refractivity contribution >= 4 is 39.1 Å². The van der Waals surface area contributed by atoms with E-state index in [9.17, 15) is 13.2 Å². The van der Waals surface area contributed by atoms with E-state index in [2.05, 4.69) is 25.5 Å².